The molecular formula is C17H19ClN2O4. The maximum atomic E-state index is 12.6. The third kappa shape index (κ3) is 3.30. The molecule has 1 unspecified atom stereocenters. The van der Waals surface area contributed by atoms with Crippen molar-refractivity contribution in [3.63, 3.8) is 0 Å². The lowest BCUT2D eigenvalue weighted by Gasteiger charge is -2.34. The predicted octanol–water partition coefficient (Wildman–Crippen LogP) is 2.49. The zero-order chi connectivity index (χ0) is 17.3. The van der Waals surface area contributed by atoms with Crippen molar-refractivity contribution in [1.82, 2.24) is 10.3 Å². The minimum absolute atomic E-state index is 0.0167. The van der Waals surface area contributed by atoms with E-state index in [-0.39, 0.29) is 17.6 Å². The van der Waals surface area contributed by atoms with Crippen molar-refractivity contribution < 1.29 is 19.4 Å². The van der Waals surface area contributed by atoms with Gasteiger partial charge in [0.2, 0.25) is 5.91 Å². The molecule has 6 nitrogen and oxygen atoms in total. The number of carboxylic acids is 1. The Hall–Kier alpha value is -1.92. The Morgan fingerprint density at radius 1 is 1.50 bits per heavy atom. The van der Waals surface area contributed by atoms with Gasteiger partial charge in [0, 0.05) is 24.4 Å². The number of carbonyl (C=O) groups is 2. The summed E-state index contributed by atoms with van der Waals surface area (Å²) in [6.07, 6.45) is 3.87. The maximum Gasteiger partial charge on any atom is 0.333 e. The fraction of sp³-hybridized carbons (Fsp3) is 0.471. The zero-order valence-electron chi connectivity index (χ0n) is 13.3. The highest BCUT2D eigenvalue weighted by Crippen LogP contribution is 2.40. The number of ether oxygens (including phenoxy) is 1. The lowest BCUT2D eigenvalue weighted by atomic mass is 9.74. The van der Waals surface area contributed by atoms with Crippen LogP contribution in [0.3, 0.4) is 0 Å². The predicted molar refractivity (Wildman–Crippen MR) is 87.5 cm³/mol. The third-order valence-electron chi connectivity index (χ3n) is 4.65. The maximum absolute atomic E-state index is 12.6. The van der Waals surface area contributed by atoms with E-state index < -0.39 is 17.8 Å². The summed E-state index contributed by atoms with van der Waals surface area (Å²) >= 11 is 5.84. The topological polar surface area (TPSA) is 88.5 Å². The number of carbonyl (C=O) groups excluding carboxylic acids is 1. The summed E-state index contributed by atoms with van der Waals surface area (Å²) in [7, 11) is 0. The van der Waals surface area contributed by atoms with E-state index in [0.717, 1.165) is 12.8 Å². The molecule has 1 amide bonds. The van der Waals surface area contributed by atoms with Gasteiger partial charge in [0.1, 0.15) is 5.15 Å². The number of aliphatic carboxylic acids is 1. The number of carboxylic acid groups (broad SMARTS) is 1. The number of nitrogens with zero attached hydrogens (tertiary/aromatic N) is 1. The number of hydrogen-bond acceptors (Lipinski definition) is 4. The van der Waals surface area contributed by atoms with Crippen LogP contribution in [-0.4, -0.2) is 34.7 Å². The van der Waals surface area contributed by atoms with Crippen LogP contribution in [0.5, 0.6) is 0 Å². The molecule has 0 radical (unpaired) electrons. The molecule has 0 bridgehead atoms. The minimum atomic E-state index is -1.04. The third-order valence-corrected chi connectivity index (χ3v) is 4.87. The van der Waals surface area contributed by atoms with Crippen LogP contribution >= 0.6 is 11.6 Å². The SMILES string of the molecule is CC1=C(C(=O)O)[C@H](c2ccc(Cl)nc2)C(C[C@H]2CCCO2)C(=O)N1. The van der Waals surface area contributed by atoms with Crippen LogP contribution in [0.2, 0.25) is 5.15 Å². The van der Waals surface area contributed by atoms with Crippen LogP contribution in [-0.2, 0) is 14.3 Å². The normalized spacial score (nSPS) is 27.2. The number of aromatic nitrogens is 1. The number of rotatable bonds is 4. The van der Waals surface area contributed by atoms with Gasteiger partial charge < -0.3 is 15.2 Å². The van der Waals surface area contributed by atoms with Crippen molar-refractivity contribution in [2.45, 2.75) is 38.2 Å². The molecule has 7 heteroatoms. The first-order valence-electron chi connectivity index (χ1n) is 7.95. The van der Waals surface area contributed by atoms with Crippen LogP contribution in [0.25, 0.3) is 0 Å². The molecule has 24 heavy (non-hydrogen) atoms. The second kappa shape index (κ2) is 6.91. The number of pyridine rings is 1. The van der Waals surface area contributed by atoms with Crippen LogP contribution in [0, 0.1) is 5.92 Å². The zero-order valence-corrected chi connectivity index (χ0v) is 14.0. The highest BCUT2D eigenvalue weighted by molar-refractivity contribution is 6.29. The number of halogens is 1. The van der Waals surface area contributed by atoms with Gasteiger partial charge in [-0.1, -0.05) is 17.7 Å². The molecule has 1 fully saturated rings. The van der Waals surface area contributed by atoms with Gasteiger partial charge in [-0.2, -0.15) is 0 Å². The van der Waals surface area contributed by atoms with E-state index in [2.05, 4.69) is 10.3 Å². The van der Waals surface area contributed by atoms with Crippen LogP contribution in [0.15, 0.2) is 29.6 Å². The van der Waals surface area contributed by atoms with E-state index >= 15 is 0 Å². The average Bonchev–Trinajstić information content (AvgIpc) is 3.03. The monoisotopic (exact) mass is 350 g/mol. The van der Waals surface area contributed by atoms with Crippen molar-refractivity contribution in [3.8, 4) is 0 Å². The Balaban J connectivity index is 2.02. The van der Waals surface area contributed by atoms with E-state index in [1.54, 1.807) is 25.3 Å². The Labute approximate surface area is 144 Å². The molecule has 0 spiro atoms. The summed E-state index contributed by atoms with van der Waals surface area (Å²) in [6.45, 7) is 2.30. The average molecular weight is 351 g/mol. The van der Waals surface area contributed by atoms with E-state index in [9.17, 15) is 14.7 Å². The van der Waals surface area contributed by atoms with Gasteiger partial charge in [-0.15, -0.1) is 0 Å². The van der Waals surface area contributed by atoms with Gasteiger partial charge >= 0.3 is 5.97 Å². The van der Waals surface area contributed by atoms with Gasteiger partial charge in [0.05, 0.1) is 17.6 Å². The summed E-state index contributed by atoms with van der Waals surface area (Å²) in [5, 5.41) is 12.7. The summed E-state index contributed by atoms with van der Waals surface area (Å²) in [6, 6.07) is 3.35. The quantitative estimate of drug-likeness (QED) is 0.814. The highest BCUT2D eigenvalue weighted by Gasteiger charge is 2.42. The van der Waals surface area contributed by atoms with E-state index in [0.29, 0.717) is 29.4 Å². The Kier molecular flexibility index (Phi) is 4.87. The standard InChI is InChI=1S/C17H19ClN2O4/c1-9-14(17(22)23)15(10-4-5-13(18)19-8-10)12(16(21)20-9)7-11-3-2-6-24-11/h4-5,8,11-12,15H,2-3,6-7H2,1H3,(H,20,21)(H,22,23)/t11-,12?,15-/m1/s1. The van der Waals surface area contributed by atoms with Crippen LogP contribution in [0.1, 0.15) is 37.7 Å². The molecule has 0 aromatic carbocycles. The Morgan fingerprint density at radius 3 is 2.88 bits per heavy atom. The van der Waals surface area contributed by atoms with Gasteiger partial charge in [0.25, 0.3) is 0 Å². The van der Waals surface area contributed by atoms with E-state index in [1.165, 1.54) is 0 Å². The van der Waals surface area contributed by atoms with E-state index in [4.69, 9.17) is 16.3 Å². The van der Waals surface area contributed by atoms with Crippen molar-refractivity contribution in [2.75, 3.05) is 6.61 Å². The first kappa shape index (κ1) is 16.9. The number of allylic oxidation sites excluding steroid dienone is 1. The molecular weight excluding hydrogens is 332 g/mol. The molecule has 3 atom stereocenters. The molecule has 1 aromatic heterocycles. The van der Waals surface area contributed by atoms with E-state index in [1.807, 2.05) is 0 Å². The Morgan fingerprint density at radius 2 is 2.29 bits per heavy atom. The first-order chi connectivity index (χ1) is 11.5. The summed E-state index contributed by atoms with van der Waals surface area (Å²) in [4.78, 5) is 28.4. The molecule has 0 saturated carbocycles. The number of hydrogen-bond donors (Lipinski definition) is 2. The fourth-order valence-electron chi connectivity index (χ4n) is 3.55. The molecule has 1 saturated heterocycles. The molecule has 2 aliphatic rings. The lowest BCUT2D eigenvalue weighted by Crippen LogP contribution is -2.42. The van der Waals surface area contributed by atoms with Crippen molar-refractivity contribution in [3.05, 3.63) is 40.3 Å². The summed E-state index contributed by atoms with van der Waals surface area (Å²) < 4.78 is 5.65. The molecule has 3 heterocycles. The first-order valence-corrected chi connectivity index (χ1v) is 8.33. The van der Waals surface area contributed by atoms with Crippen molar-refractivity contribution in [1.29, 1.82) is 0 Å². The van der Waals surface area contributed by atoms with Gasteiger partial charge in [0.15, 0.2) is 0 Å². The molecule has 128 valence electrons. The Bertz CT molecular complexity index is 680. The summed E-state index contributed by atoms with van der Waals surface area (Å²) in [5.41, 5.74) is 1.24. The van der Waals surface area contributed by atoms with Crippen LogP contribution < -0.4 is 5.32 Å². The van der Waals surface area contributed by atoms with Gasteiger partial charge in [-0.05, 0) is 37.8 Å². The van der Waals surface area contributed by atoms with Crippen molar-refractivity contribution >= 4 is 23.5 Å². The molecule has 2 N–H and O–H groups in total. The number of nitrogens with one attached hydrogen (secondary N) is 1. The number of amides is 1. The smallest absolute Gasteiger partial charge is 0.333 e. The second-order valence-corrected chi connectivity index (χ2v) is 6.59. The second-order valence-electron chi connectivity index (χ2n) is 6.20. The summed E-state index contributed by atoms with van der Waals surface area (Å²) in [5.74, 6) is -2.28. The van der Waals surface area contributed by atoms with Gasteiger partial charge in [-0.25, -0.2) is 9.78 Å². The van der Waals surface area contributed by atoms with Crippen LogP contribution in [0.4, 0.5) is 0 Å². The minimum Gasteiger partial charge on any atom is -0.478 e. The van der Waals surface area contributed by atoms with Crippen molar-refractivity contribution in [2.24, 2.45) is 5.92 Å². The fourth-order valence-corrected chi connectivity index (χ4v) is 3.66. The molecule has 2 aliphatic heterocycles. The molecule has 1 aromatic rings. The largest absolute Gasteiger partial charge is 0.478 e. The van der Waals surface area contributed by atoms with Gasteiger partial charge in [-0.3, -0.25) is 4.79 Å². The lowest BCUT2D eigenvalue weighted by molar-refractivity contribution is -0.134. The molecule has 0 aliphatic carbocycles. The highest BCUT2D eigenvalue weighted by atomic mass is 35.5. The molecule has 3 rings (SSSR count).